The van der Waals surface area contributed by atoms with E-state index < -0.39 is 0 Å². The number of piperidine rings is 1. The van der Waals surface area contributed by atoms with Crippen molar-refractivity contribution in [2.45, 2.75) is 44.7 Å². The zero-order chi connectivity index (χ0) is 14.5. The first-order valence-corrected chi connectivity index (χ1v) is 8.04. The van der Waals surface area contributed by atoms with Crippen molar-refractivity contribution in [1.29, 1.82) is 0 Å². The molecule has 0 aromatic rings. The summed E-state index contributed by atoms with van der Waals surface area (Å²) in [5, 5.41) is 0. The lowest BCUT2D eigenvalue weighted by Crippen LogP contribution is -2.60. The van der Waals surface area contributed by atoms with Crippen molar-refractivity contribution in [3.8, 4) is 0 Å². The Hall–Kier alpha value is -0.650. The summed E-state index contributed by atoms with van der Waals surface area (Å²) in [4.78, 5) is 19.1. The standard InChI is InChI=1S/C15H30N4O/c1-13-10-18-9-4-3-6-14(18)11-19(13)12-15(20)17(2)8-5-7-16/h13-14H,3-12,16H2,1-2H3. The number of hydrogen-bond donors (Lipinski definition) is 1. The van der Waals surface area contributed by atoms with Gasteiger partial charge in [0.15, 0.2) is 0 Å². The molecule has 0 saturated carbocycles. The van der Waals surface area contributed by atoms with Crippen LogP contribution in [0.3, 0.4) is 0 Å². The van der Waals surface area contributed by atoms with E-state index in [1.165, 1.54) is 25.8 Å². The van der Waals surface area contributed by atoms with Gasteiger partial charge in [-0.3, -0.25) is 14.6 Å². The van der Waals surface area contributed by atoms with E-state index in [0.717, 1.165) is 26.1 Å². The molecule has 0 aromatic heterocycles. The SMILES string of the molecule is CC1CN2CCCCC2CN1CC(=O)N(C)CCCN. The largest absolute Gasteiger partial charge is 0.345 e. The smallest absolute Gasteiger partial charge is 0.236 e. The van der Waals surface area contributed by atoms with Gasteiger partial charge in [-0.05, 0) is 39.3 Å². The first kappa shape index (κ1) is 15.7. The molecule has 2 aliphatic heterocycles. The molecule has 2 rings (SSSR count). The lowest BCUT2D eigenvalue weighted by atomic mass is 9.97. The Morgan fingerprint density at radius 2 is 2.15 bits per heavy atom. The molecule has 0 bridgehead atoms. The minimum absolute atomic E-state index is 0.231. The fourth-order valence-corrected chi connectivity index (χ4v) is 3.38. The van der Waals surface area contributed by atoms with E-state index in [2.05, 4.69) is 16.7 Å². The second-order valence-corrected chi connectivity index (χ2v) is 6.38. The molecular weight excluding hydrogens is 252 g/mol. The maximum absolute atomic E-state index is 12.3. The van der Waals surface area contributed by atoms with Crippen LogP contribution in [0.5, 0.6) is 0 Å². The monoisotopic (exact) mass is 282 g/mol. The van der Waals surface area contributed by atoms with Crippen molar-refractivity contribution in [3.05, 3.63) is 0 Å². The van der Waals surface area contributed by atoms with Gasteiger partial charge in [-0.2, -0.15) is 0 Å². The van der Waals surface area contributed by atoms with Crippen molar-refractivity contribution in [2.75, 3.05) is 46.3 Å². The Morgan fingerprint density at radius 3 is 2.90 bits per heavy atom. The number of nitrogens with two attached hydrogens (primary N) is 1. The summed E-state index contributed by atoms with van der Waals surface area (Å²) in [5.74, 6) is 0.231. The van der Waals surface area contributed by atoms with Crippen molar-refractivity contribution >= 4 is 5.91 Å². The summed E-state index contributed by atoms with van der Waals surface area (Å²) in [6, 6.07) is 1.15. The van der Waals surface area contributed by atoms with Crippen LogP contribution in [0.25, 0.3) is 0 Å². The molecule has 2 aliphatic rings. The molecule has 116 valence electrons. The van der Waals surface area contributed by atoms with Gasteiger partial charge in [0.2, 0.25) is 5.91 Å². The van der Waals surface area contributed by atoms with Crippen LogP contribution in [0.2, 0.25) is 0 Å². The average Bonchev–Trinajstić information content (AvgIpc) is 2.45. The summed E-state index contributed by atoms with van der Waals surface area (Å²) in [6.07, 6.45) is 4.85. The van der Waals surface area contributed by atoms with E-state index in [9.17, 15) is 4.79 Å². The second-order valence-electron chi connectivity index (χ2n) is 6.38. The predicted molar refractivity (Wildman–Crippen MR) is 81.6 cm³/mol. The first-order valence-electron chi connectivity index (χ1n) is 8.04. The molecule has 1 amide bonds. The topological polar surface area (TPSA) is 52.8 Å². The number of amides is 1. The van der Waals surface area contributed by atoms with Crippen molar-refractivity contribution in [1.82, 2.24) is 14.7 Å². The minimum atomic E-state index is 0.231. The van der Waals surface area contributed by atoms with Crippen molar-refractivity contribution in [2.24, 2.45) is 5.73 Å². The van der Waals surface area contributed by atoms with Crippen LogP contribution >= 0.6 is 0 Å². The van der Waals surface area contributed by atoms with Gasteiger partial charge < -0.3 is 10.6 Å². The molecule has 0 aromatic carbocycles. The van der Waals surface area contributed by atoms with Gasteiger partial charge >= 0.3 is 0 Å². The van der Waals surface area contributed by atoms with E-state index in [4.69, 9.17) is 5.73 Å². The predicted octanol–water partition coefficient (Wildman–Crippen LogP) is 0.352. The van der Waals surface area contributed by atoms with Crippen LogP contribution in [0, 0.1) is 0 Å². The van der Waals surface area contributed by atoms with Crippen molar-refractivity contribution < 1.29 is 4.79 Å². The van der Waals surface area contributed by atoms with E-state index in [1.54, 1.807) is 0 Å². The maximum atomic E-state index is 12.3. The highest BCUT2D eigenvalue weighted by Gasteiger charge is 2.33. The van der Waals surface area contributed by atoms with Crippen LogP contribution < -0.4 is 5.73 Å². The number of hydrogen-bond acceptors (Lipinski definition) is 4. The zero-order valence-corrected chi connectivity index (χ0v) is 13.1. The number of nitrogens with zero attached hydrogens (tertiary/aromatic N) is 3. The second kappa shape index (κ2) is 7.38. The van der Waals surface area contributed by atoms with E-state index in [0.29, 0.717) is 25.2 Å². The highest BCUT2D eigenvalue weighted by Crippen LogP contribution is 2.23. The highest BCUT2D eigenvalue weighted by molar-refractivity contribution is 5.78. The third kappa shape index (κ3) is 3.93. The number of fused-ring (bicyclic) bond motifs is 1. The third-order valence-corrected chi connectivity index (χ3v) is 4.78. The summed E-state index contributed by atoms with van der Waals surface area (Å²) < 4.78 is 0. The summed E-state index contributed by atoms with van der Waals surface area (Å²) in [6.45, 7) is 7.64. The lowest BCUT2D eigenvalue weighted by Gasteiger charge is -2.47. The van der Waals surface area contributed by atoms with Crippen LogP contribution in [0.15, 0.2) is 0 Å². The van der Waals surface area contributed by atoms with Gasteiger partial charge in [-0.15, -0.1) is 0 Å². The molecule has 2 atom stereocenters. The number of piperazine rings is 1. The highest BCUT2D eigenvalue weighted by atomic mass is 16.2. The summed E-state index contributed by atoms with van der Waals surface area (Å²) in [5.41, 5.74) is 5.50. The molecule has 2 saturated heterocycles. The molecule has 0 spiro atoms. The lowest BCUT2D eigenvalue weighted by molar-refractivity contribution is -0.133. The van der Waals surface area contributed by atoms with Gasteiger partial charge in [0.1, 0.15) is 0 Å². The molecule has 0 radical (unpaired) electrons. The average molecular weight is 282 g/mol. The van der Waals surface area contributed by atoms with E-state index >= 15 is 0 Å². The molecule has 5 nitrogen and oxygen atoms in total. The molecule has 5 heteroatoms. The first-order chi connectivity index (χ1) is 9.61. The van der Waals surface area contributed by atoms with Gasteiger partial charge in [0, 0.05) is 38.8 Å². The molecule has 20 heavy (non-hydrogen) atoms. The Morgan fingerprint density at radius 1 is 1.35 bits per heavy atom. The molecule has 2 unspecified atom stereocenters. The quantitative estimate of drug-likeness (QED) is 0.791. The maximum Gasteiger partial charge on any atom is 0.236 e. The number of likely N-dealkylation sites (N-methyl/N-ethyl adjacent to an activating group) is 1. The Kier molecular flexibility index (Phi) is 5.81. The van der Waals surface area contributed by atoms with E-state index in [1.807, 2.05) is 11.9 Å². The third-order valence-electron chi connectivity index (χ3n) is 4.78. The van der Waals surface area contributed by atoms with E-state index in [-0.39, 0.29) is 5.91 Å². The van der Waals surface area contributed by atoms with Gasteiger partial charge in [0.25, 0.3) is 0 Å². The number of carbonyl (C=O) groups excluding carboxylic acids is 1. The number of carbonyl (C=O) groups is 1. The number of rotatable bonds is 5. The minimum Gasteiger partial charge on any atom is -0.345 e. The van der Waals surface area contributed by atoms with Gasteiger partial charge in [-0.25, -0.2) is 0 Å². The van der Waals surface area contributed by atoms with Crippen LogP contribution in [0.1, 0.15) is 32.6 Å². The summed E-state index contributed by atoms with van der Waals surface area (Å²) >= 11 is 0. The van der Waals surface area contributed by atoms with Crippen LogP contribution in [0.4, 0.5) is 0 Å². The Labute approximate surface area is 123 Å². The molecule has 2 fully saturated rings. The van der Waals surface area contributed by atoms with Crippen LogP contribution in [-0.4, -0.2) is 79.0 Å². The van der Waals surface area contributed by atoms with Crippen LogP contribution in [-0.2, 0) is 4.79 Å². The summed E-state index contributed by atoms with van der Waals surface area (Å²) in [7, 11) is 1.89. The molecule has 2 N–H and O–H groups in total. The van der Waals surface area contributed by atoms with Gasteiger partial charge in [-0.1, -0.05) is 6.42 Å². The molecule has 2 heterocycles. The molecular formula is C15H30N4O. The van der Waals surface area contributed by atoms with Gasteiger partial charge in [0.05, 0.1) is 6.54 Å². The fraction of sp³-hybridized carbons (Fsp3) is 0.933. The zero-order valence-electron chi connectivity index (χ0n) is 13.1. The fourth-order valence-electron chi connectivity index (χ4n) is 3.38. The Bertz CT molecular complexity index is 323. The Balaban J connectivity index is 1.83. The molecule has 0 aliphatic carbocycles. The normalized spacial score (nSPS) is 28.1. The van der Waals surface area contributed by atoms with Crippen molar-refractivity contribution in [3.63, 3.8) is 0 Å².